The van der Waals surface area contributed by atoms with E-state index >= 15 is 0 Å². The summed E-state index contributed by atoms with van der Waals surface area (Å²) >= 11 is 3.51. The molecule has 0 fully saturated rings. The van der Waals surface area contributed by atoms with E-state index in [1.807, 2.05) is 12.1 Å². The second-order valence-corrected chi connectivity index (χ2v) is 5.81. The molecule has 2 aromatic rings. The second kappa shape index (κ2) is 7.41. The molecule has 1 aromatic carbocycles. The molecule has 0 saturated carbocycles. The number of hydrogen-bond donors (Lipinski definition) is 1. The van der Waals surface area contributed by atoms with Gasteiger partial charge < -0.3 is 10.2 Å². The summed E-state index contributed by atoms with van der Waals surface area (Å²) in [6, 6.07) is 10.3. The Morgan fingerprint density at radius 3 is 2.67 bits per heavy atom. The fraction of sp³-hybridized carbons (Fsp3) is 0.375. The lowest BCUT2D eigenvalue weighted by Crippen LogP contribution is -2.19. The molecule has 4 nitrogen and oxygen atoms in total. The molecule has 0 spiro atoms. The highest BCUT2D eigenvalue weighted by Gasteiger charge is 2.08. The van der Waals surface area contributed by atoms with Gasteiger partial charge in [-0.3, -0.25) is 0 Å². The van der Waals surface area contributed by atoms with Gasteiger partial charge in [0, 0.05) is 37.1 Å². The average Bonchev–Trinajstić information content (AvgIpc) is 2.47. The van der Waals surface area contributed by atoms with Gasteiger partial charge in [0.1, 0.15) is 17.5 Å². The molecule has 0 aliphatic carbocycles. The van der Waals surface area contributed by atoms with Crippen LogP contribution in [0.15, 0.2) is 34.8 Å². The summed E-state index contributed by atoms with van der Waals surface area (Å²) in [5, 5.41) is 3.27. The van der Waals surface area contributed by atoms with Crippen molar-refractivity contribution < 1.29 is 0 Å². The molecule has 0 aliphatic heterocycles. The zero-order valence-corrected chi connectivity index (χ0v) is 14.3. The molecule has 1 heterocycles. The van der Waals surface area contributed by atoms with Crippen LogP contribution in [0.3, 0.4) is 0 Å². The van der Waals surface area contributed by atoms with Crippen LogP contribution in [0.25, 0.3) is 0 Å². The topological polar surface area (TPSA) is 41.0 Å². The maximum absolute atomic E-state index is 4.62. The number of halogens is 1. The van der Waals surface area contributed by atoms with Crippen LogP contribution in [-0.2, 0) is 13.0 Å². The summed E-state index contributed by atoms with van der Waals surface area (Å²) in [4.78, 5) is 11.2. The normalized spacial score (nSPS) is 10.5. The van der Waals surface area contributed by atoms with Gasteiger partial charge in [-0.05, 0) is 24.6 Å². The van der Waals surface area contributed by atoms with E-state index < -0.39 is 0 Å². The SMILES string of the molecule is CCNc1cc(N(C)Cc2cccc(Br)c2)nc(CC)n1. The van der Waals surface area contributed by atoms with Crippen molar-refractivity contribution in [3.05, 3.63) is 46.2 Å². The van der Waals surface area contributed by atoms with Crippen molar-refractivity contribution in [3.8, 4) is 0 Å². The van der Waals surface area contributed by atoms with E-state index in [2.05, 4.69) is 75.2 Å². The van der Waals surface area contributed by atoms with Gasteiger partial charge in [-0.1, -0.05) is 35.0 Å². The van der Waals surface area contributed by atoms with E-state index in [-0.39, 0.29) is 0 Å². The highest BCUT2D eigenvalue weighted by atomic mass is 79.9. The van der Waals surface area contributed by atoms with Crippen LogP contribution >= 0.6 is 15.9 Å². The standard InChI is InChI=1S/C16H21BrN4/c1-4-14-19-15(18-5-2)10-16(20-14)21(3)11-12-7-6-8-13(17)9-12/h6-10H,4-5,11H2,1-3H3,(H,18,19,20). The van der Waals surface area contributed by atoms with Crippen LogP contribution in [0.5, 0.6) is 0 Å². The third-order valence-electron chi connectivity index (χ3n) is 3.13. The van der Waals surface area contributed by atoms with Crippen LogP contribution in [0.2, 0.25) is 0 Å². The molecule has 0 unspecified atom stereocenters. The number of benzene rings is 1. The summed E-state index contributed by atoms with van der Waals surface area (Å²) in [6.07, 6.45) is 0.830. The zero-order chi connectivity index (χ0) is 15.2. The number of nitrogens with one attached hydrogen (secondary N) is 1. The number of anilines is 2. The van der Waals surface area contributed by atoms with Crippen molar-refractivity contribution in [2.24, 2.45) is 0 Å². The Hall–Kier alpha value is -1.62. The molecule has 0 aliphatic rings. The van der Waals surface area contributed by atoms with Gasteiger partial charge in [0.05, 0.1) is 0 Å². The Balaban J connectivity index is 2.21. The highest BCUT2D eigenvalue weighted by molar-refractivity contribution is 9.10. The lowest BCUT2D eigenvalue weighted by Gasteiger charge is -2.20. The Morgan fingerprint density at radius 2 is 2.00 bits per heavy atom. The van der Waals surface area contributed by atoms with Gasteiger partial charge in [0.2, 0.25) is 0 Å². The fourth-order valence-corrected chi connectivity index (χ4v) is 2.55. The molecular formula is C16H21BrN4. The first kappa shape index (κ1) is 15.8. The third kappa shape index (κ3) is 4.43. The summed E-state index contributed by atoms with van der Waals surface area (Å²) in [6.45, 7) is 5.81. The van der Waals surface area contributed by atoms with E-state index in [1.54, 1.807) is 0 Å². The van der Waals surface area contributed by atoms with Gasteiger partial charge in [-0.25, -0.2) is 9.97 Å². The maximum Gasteiger partial charge on any atom is 0.134 e. The van der Waals surface area contributed by atoms with Crippen molar-refractivity contribution >= 4 is 27.6 Å². The first-order valence-corrected chi connectivity index (χ1v) is 7.99. The summed E-state index contributed by atoms with van der Waals surface area (Å²) in [5.41, 5.74) is 1.24. The molecule has 0 bridgehead atoms. The Kier molecular flexibility index (Phi) is 5.56. The van der Waals surface area contributed by atoms with Gasteiger partial charge in [0.15, 0.2) is 0 Å². The first-order chi connectivity index (χ1) is 10.1. The average molecular weight is 349 g/mol. The summed E-state index contributed by atoms with van der Waals surface area (Å²) in [7, 11) is 2.05. The molecule has 0 radical (unpaired) electrons. The van der Waals surface area contributed by atoms with Gasteiger partial charge in [-0.2, -0.15) is 0 Å². The van der Waals surface area contributed by atoms with Crippen LogP contribution < -0.4 is 10.2 Å². The molecule has 2 rings (SSSR count). The van der Waals surface area contributed by atoms with Crippen molar-refractivity contribution in [2.75, 3.05) is 23.8 Å². The van der Waals surface area contributed by atoms with Crippen LogP contribution in [0, 0.1) is 0 Å². The number of aryl methyl sites for hydroxylation is 1. The Morgan fingerprint density at radius 1 is 1.19 bits per heavy atom. The minimum absolute atomic E-state index is 0.811. The molecule has 1 N–H and O–H groups in total. The smallest absolute Gasteiger partial charge is 0.134 e. The van der Waals surface area contributed by atoms with E-state index in [4.69, 9.17) is 0 Å². The minimum Gasteiger partial charge on any atom is -0.370 e. The lowest BCUT2D eigenvalue weighted by molar-refractivity contribution is 0.858. The zero-order valence-electron chi connectivity index (χ0n) is 12.7. The first-order valence-electron chi connectivity index (χ1n) is 7.19. The summed E-state index contributed by atoms with van der Waals surface area (Å²) in [5.74, 6) is 2.70. The molecule has 21 heavy (non-hydrogen) atoms. The van der Waals surface area contributed by atoms with E-state index in [9.17, 15) is 0 Å². The van der Waals surface area contributed by atoms with Crippen LogP contribution in [0.1, 0.15) is 25.2 Å². The molecule has 0 atom stereocenters. The number of rotatable bonds is 6. The Bertz CT molecular complexity index is 601. The largest absolute Gasteiger partial charge is 0.370 e. The molecule has 112 valence electrons. The minimum atomic E-state index is 0.811. The number of hydrogen-bond acceptors (Lipinski definition) is 4. The van der Waals surface area contributed by atoms with E-state index in [0.29, 0.717) is 0 Å². The van der Waals surface area contributed by atoms with Crippen molar-refractivity contribution in [1.29, 1.82) is 0 Å². The van der Waals surface area contributed by atoms with E-state index in [1.165, 1.54) is 5.56 Å². The van der Waals surface area contributed by atoms with Crippen molar-refractivity contribution in [3.63, 3.8) is 0 Å². The van der Waals surface area contributed by atoms with Gasteiger partial charge in [0.25, 0.3) is 0 Å². The summed E-state index contributed by atoms with van der Waals surface area (Å²) < 4.78 is 1.10. The molecule has 0 amide bonds. The predicted octanol–water partition coefficient (Wildman–Crippen LogP) is 3.87. The van der Waals surface area contributed by atoms with Gasteiger partial charge >= 0.3 is 0 Å². The fourth-order valence-electron chi connectivity index (χ4n) is 2.10. The second-order valence-electron chi connectivity index (χ2n) is 4.90. The van der Waals surface area contributed by atoms with Crippen LogP contribution in [0.4, 0.5) is 11.6 Å². The maximum atomic E-state index is 4.62. The monoisotopic (exact) mass is 348 g/mol. The molecular weight excluding hydrogens is 328 g/mol. The van der Waals surface area contributed by atoms with Crippen molar-refractivity contribution in [1.82, 2.24) is 9.97 Å². The predicted molar refractivity (Wildman–Crippen MR) is 91.8 cm³/mol. The Labute approximate surface area is 134 Å². The van der Waals surface area contributed by atoms with Gasteiger partial charge in [-0.15, -0.1) is 0 Å². The molecule has 1 aromatic heterocycles. The van der Waals surface area contributed by atoms with Crippen LogP contribution in [-0.4, -0.2) is 23.6 Å². The molecule has 5 heteroatoms. The van der Waals surface area contributed by atoms with Crippen molar-refractivity contribution in [2.45, 2.75) is 26.8 Å². The van der Waals surface area contributed by atoms with E-state index in [0.717, 1.165) is 41.4 Å². The molecule has 0 saturated heterocycles. The third-order valence-corrected chi connectivity index (χ3v) is 3.63. The lowest BCUT2D eigenvalue weighted by atomic mass is 10.2. The number of aromatic nitrogens is 2. The quantitative estimate of drug-likeness (QED) is 0.860. The highest BCUT2D eigenvalue weighted by Crippen LogP contribution is 2.19. The number of nitrogens with zero attached hydrogens (tertiary/aromatic N) is 3.